The predicted octanol–water partition coefficient (Wildman–Crippen LogP) is 4.37. The monoisotopic (exact) mass is 369 g/mol. The molecule has 0 saturated heterocycles. The van der Waals surface area contributed by atoms with Gasteiger partial charge in [0.15, 0.2) is 16.7 Å². The molecule has 126 valence electrons. The van der Waals surface area contributed by atoms with Crippen molar-refractivity contribution in [2.45, 2.75) is 24.4 Å². The minimum absolute atomic E-state index is 0.729. The highest BCUT2D eigenvalue weighted by Crippen LogP contribution is 2.28. The van der Waals surface area contributed by atoms with E-state index in [1.807, 2.05) is 30.3 Å². The van der Waals surface area contributed by atoms with Crippen LogP contribution in [0.15, 0.2) is 57.7 Å². The number of thiazole rings is 1. The van der Waals surface area contributed by atoms with Gasteiger partial charge in [0, 0.05) is 23.9 Å². The van der Waals surface area contributed by atoms with E-state index in [0.29, 0.717) is 0 Å². The molecule has 0 unspecified atom stereocenters. The summed E-state index contributed by atoms with van der Waals surface area (Å²) >= 11 is 3.23. The van der Waals surface area contributed by atoms with E-state index in [9.17, 15) is 0 Å². The lowest BCUT2D eigenvalue weighted by Gasteiger charge is -2.04. The van der Waals surface area contributed by atoms with Crippen molar-refractivity contribution in [1.29, 1.82) is 0 Å². The normalized spacial score (nSPS) is 11.1. The maximum atomic E-state index is 5.44. The molecule has 0 bridgehead atoms. The Kier molecular flexibility index (Phi) is 4.62. The molecular weight excluding hydrogens is 354 g/mol. The number of aromatic nitrogens is 5. The van der Waals surface area contributed by atoms with Gasteiger partial charge in [-0.3, -0.25) is 9.55 Å². The molecule has 0 saturated carbocycles. The van der Waals surface area contributed by atoms with E-state index in [-0.39, 0.29) is 0 Å². The molecule has 0 aliphatic carbocycles. The second-order valence-electron chi connectivity index (χ2n) is 5.18. The smallest absolute Gasteiger partial charge is 0.200 e. The van der Waals surface area contributed by atoms with Gasteiger partial charge in [-0.2, -0.15) is 0 Å². The van der Waals surface area contributed by atoms with Gasteiger partial charge in [-0.15, -0.1) is 21.5 Å². The molecule has 0 aliphatic rings. The molecule has 6 nitrogen and oxygen atoms in total. The van der Waals surface area contributed by atoms with Gasteiger partial charge < -0.3 is 4.42 Å². The van der Waals surface area contributed by atoms with E-state index in [4.69, 9.17) is 4.42 Å². The summed E-state index contributed by atoms with van der Waals surface area (Å²) in [7, 11) is 0. The van der Waals surface area contributed by atoms with Crippen molar-refractivity contribution in [3.8, 4) is 22.3 Å². The molecule has 25 heavy (non-hydrogen) atoms. The van der Waals surface area contributed by atoms with E-state index in [1.165, 1.54) is 0 Å². The quantitative estimate of drug-likeness (QED) is 0.470. The lowest BCUT2D eigenvalue weighted by Crippen LogP contribution is -1.99. The second kappa shape index (κ2) is 7.20. The van der Waals surface area contributed by atoms with Crippen LogP contribution in [-0.4, -0.2) is 24.7 Å². The van der Waals surface area contributed by atoms with E-state index >= 15 is 0 Å². The highest BCUT2D eigenvalue weighted by atomic mass is 32.2. The molecule has 0 spiro atoms. The molecule has 0 radical (unpaired) electrons. The van der Waals surface area contributed by atoms with Crippen LogP contribution in [0.1, 0.15) is 12.6 Å². The average Bonchev–Trinajstić information content (AvgIpc) is 3.39. The van der Waals surface area contributed by atoms with E-state index in [0.717, 1.165) is 45.4 Å². The third-order valence-electron chi connectivity index (χ3n) is 3.56. The van der Waals surface area contributed by atoms with Crippen LogP contribution in [0.5, 0.6) is 0 Å². The van der Waals surface area contributed by atoms with Gasteiger partial charge in [-0.1, -0.05) is 17.8 Å². The van der Waals surface area contributed by atoms with Gasteiger partial charge in [0.25, 0.3) is 0 Å². The van der Waals surface area contributed by atoms with E-state index < -0.39 is 0 Å². The SMILES string of the molecule is CCn1c(SCc2csc(-c3ccccn3)n2)nnc1-c1ccco1. The summed E-state index contributed by atoms with van der Waals surface area (Å²) in [5.74, 6) is 2.22. The van der Waals surface area contributed by atoms with E-state index in [1.54, 1.807) is 35.6 Å². The van der Waals surface area contributed by atoms with Gasteiger partial charge in [-0.05, 0) is 31.2 Å². The number of rotatable bonds is 6. The van der Waals surface area contributed by atoms with Crippen LogP contribution in [0.3, 0.4) is 0 Å². The summed E-state index contributed by atoms with van der Waals surface area (Å²) < 4.78 is 7.49. The first-order valence-electron chi connectivity index (χ1n) is 7.81. The Bertz CT molecular complexity index is 947. The molecule has 4 rings (SSSR count). The Morgan fingerprint density at radius 2 is 2.16 bits per heavy atom. The zero-order chi connectivity index (χ0) is 17.1. The molecular formula is C17H15N5OS2. The maximum Gasteiger partial charge on any atom is 0.200 e. The van der Waals surface area contributed by atoms with Gasteiger partial charge in [0.05, 0.1) is 17.7 Å². The lowest BCUT2D eigenvalue weighted by molar-refractivity contribution is 0.567. The first-order chi connectivity index (χ1) is 12.3. The van der Waals surface area contributed by atoms with Crippen molar-refractivity contribution in [2.24, 2.45) is 0 Å². The van der Waals surface area contributed by atoms with Gasteiger partial charge in [0.1, 0.15) is 5.01 Å². The van der Waals surface area contributed by atoms with Crippen molar-refractivity contribution in [3.05, 3.63) is 53.9 Å². The minimum atomic E-state index is 0.729. The summed E-state index contributed by atoms with van der Waals surface area (Å²) in [6.07, 6.45) is 3.43. The summed E-state index contributed by atoms with van der Waals surface area (Å²) in [5, 5.41) is 12.4. The molecule has 4 aromatic rings. The standard InChI is InChI=1S/C17H15N5OS2/c1-2-22-15(14-7-5-9-23-14)20-21-17(22)25-11-12-10-24-16(19-12)13-6-3-4-8-18-13/h3-10H,2,11H2,1H3. The molecule has 0 amide bonds. The number of hydrogen-bond donors (Lipinski definition) is 0. The fourth-order valence-electron chi connectivity index (χ4n) is 2.39. The van der Waals surface area contributed by atoms with Crippen LogP contribution in [0.2, 0.25) is 0 Å². The zero-order valence-electron chi connectivity index (χ0n) is 13.5. The molecule has 4 heterocycles. The predicted molar refractivity (Wildman–Crippen MR) is 98.3 cm³/mol. The topological polar surface area (TPSA) is 69.6 Å². The van der Waals surface area contributed by atoms with Crippen LogP contribution < -0.4 is 0 Å². The number of thioether (sulfide) groups is 1. The van der Waals surface area contributed by atoms with Crippen molar-refractivity contribution in [1.82, 2.24) is 24.7 Å². The average molecular weight is 369 g/mol. The fourth-order valence-corrected chi connectivity index (χ4v) is 4.18. The van der Waals surface area contributed by atoms with Crippen LogP contribution in [0.25, 0.3) is 22.3 Å². The Labute approximate surface area is 153 Å². The summed E-state index contributed by atoms with van der Waals surface area (Å²) in [6, 6.07) is 9.59. The molecule has 0 aromatic carbocycles. The summed E-state index contributed by atoms with van der Waals surface area (Å²) in [6.45, 7) is 2.85. The number of furan rings is 1. The number of pyridine rings is 1. The largest absolute Gasteiger partial charge is 0.461 e. The van der Waals surface area contributed by atoms with Crippen LogP contribution in [0, 0.1) is 0 Å². The maximum absolute atomic E-state index is 5.44. The Morgan fingerprint density at radius 3 is 2.92 bits per heavy atom. The van der Waals surface area contributed by atoms with Crippen molar-refractivity contribution in [3.63, 3.8) is 0 Å². The van der Waals surface area contributed by atoms with Crippen LogP contribution >= 0.6 is 23.1 Å². The molecule has 0 atom stereocenters. The van der Waals surface area contributed by atoms with Gasteiger partial charge >= 0.3 is 0 Å². The molecule has 0 fully saturated rings. The van der Waals surface area contributed by atoms with Gasteiger partial charge in [-0.25, -0.2) is 4.98 Å². The third kappa shape index (κ3) is 3.35. The zero-order valence-corrected chi connectivity index (χ0v) is 15.1. The Morgan fingerprint density at radius 1 is 1.20 bits per heavy atom. The van der Waals surface area contributed by atoms with Crippen molar-refractivity contribution in [2.75, 3.05) is 0 Å². The summed E-state index contributed by atoms with van der Waals surface area (Å²) in [5.41, 5.74) is 1.92. The Hall–Kier alpha value is -2.45. The van der Waals surface area contributed by atoms with Crippen molar-refractivity contribution >= 4 is 23.1 Å². The summed E-state index contributed by atoms with van der Waals surface area (Å²) in [4.78, 5) is 9.01. The fraction of sp³-hybridized carbons (Fsp3) is 0.176. The third-order valence-corrected chi connectivity index (χ3v) is 5.47. The highest BCUT2D eigenvalue weighted by Gasteiger charge is 2.15. The minimum Gasteiger partial charge on any atom is -0.461 e. The van der Waals surface area contributed by atoms with Crippen LogP contribution in [0.4, 0.5) is 0 Å². The van der Waals surface area contributed by atoms with Gasteiger partial charge in [0.2, 0.25) is 0 Å². The molecule has 4 aromatic heterocycles. The number of nitrogens with zero attached hydrogens (tertiary/aromatic N) is 5. The first kappa shape index (κ1) is 16.0. The lowest BCUT2D eigenvalue weighted by atomic mass is 10.4. The van der Waals surface area contributed by atoms with Crippen LogP contribution in [-0.2, 0) is 12.3 Å². The molecule has 8 heteroatoms. The molecule has 0 N–H and O–H groups in total. The first-order valence-corrected chi connectivity index (χ1v) is 9.67. The van der Waals surface area contributed by atoms with E-state index in [2.05, 4.69) is 37.0 Å². The Balaban J connectivity index is 1.50. The number of hydrogen-bond acceptors (Lipinski definition) is 7. The molecule has 0 aliphatic heterocycles. The second-order valence-corrected chi connectivity index (χ2v) is 6.98. The highest BCUT2D eigenvalue weighted by molar-refractivity contribution is 7.98. The van der Waals surface area contributed by atoms with Crippen molar-refractivity contribution < 1.29 is 4.42 Å².